The second kappa shape index (κ2) is 6.78. The standard InChI is InChI=1S/C18H14F4N2O2/c19-12-4-2-6-14(10-12)24-8-7-15(17(24)26)16(25)23-13-5-1-3-11(9-13)18(20,21)22/h1-6,9-10,15H,7-8H2,(H,23,25)/t15-/m0/s1. The predicted molar refractivity (Wildman–Crippen MR) is 86.9 cm³/mol. The third kappa shape index (κ3) is 3.68. The van der Waals surface area contributed by atoms with Crippen LogP contribution >= 0.6 is 0 Å². The second-order valence-corrected chi connectivity index (χ2v) is 5.88. The number of alkyl halides is 3. The predicted octanol–water partition coefficient (Wildman–Crippen LogP) is 3.84. The summed E-state index contributed by atoms with van der Waals surface area (Å²) in [6.07, 6.45) is -4.34. The number of carbonyl (C=O) groups excluding carboxylic acids is 2. The van der Waals surface area contributed by atoms with Gasteiger partial charge >= 0.3 is 6.18 Å². The second-order valence-electron chi connectivity index (χ2n) is 5.88. The topological polar surface area (TPSA) is 49.4 Å². The van der Waals surface area contributed by atoms with E-state index in [0.717, 1.165) is 12.1 Å². The average molecular weight is 366 g/mol. The first-order valence-corrected chi connectivity index (χ1v) is 7.81. The molecule has 0 bridgehead atoms. The Hall–Kier alpha value is -2.90. The zero-order valence-electron chi connectivity index (χ0n) is 13.4. The number of nitrogens with one attached hydrogen (secondary N) is 1. The average Bonchev–Trinajstić information content (AvgIpc) is 2.96. The molecule has 2 amide bonds. The summed E-state index contributed by atoms with van der Waals surface area (Å²) >= 11 is 0. The molecule has 2 aromatic carbocycles. The molecule has 0 saturated carbocycles. The van der Waals surface area contributed by atoms with Gasteiger partial charge < -0.3 is 10.2 Å². The smallest absolute Gasteiger partial charge is 0.325 e. The highest BCUT2D eigenvalue weighted by molar-refractivity contribution is 6.13. The minimum atomic E-state index is -4.53. The van der Waals surface area contributed by atoms with E-state index in [1.807, 2.05) is 0 Å². The number of hydrogen-bond donors (Lipinski definition) is 1. The van der Waals surface area contributed by atoms with E-state index >= 15 is 0 Å². The van der Waals surface area contributed by atoms with Crippen molar-refractivity contribution in [3.8, 4) is 0 Å². The Morgan fingerprint density at radius 1 is 1.12 bits per heavy atom. The molecule has 1 saturated heterocycles. The van der Waals surface area contributed by atoms with Gasteiger partial charge in [0.2, 0.25) is 11.8 Å². The molecule has 4 nitrogen and oxygen atoms in total. The highest BCUT2D eigenvalue weighted by atomic mass is 19.4. The lowest BCUT2D eigenvalue weighted by molar-refractivity contribution is -0.137. The van der Waals surface area contributed by atoms with E-state index in [-0.39, 0.29) is 18.7 Å². The molecule has 0 aliphatic carbocycles. The first kappa shape index (κ1) is 17.9. The van der Waals surface area contributed by atoms with Gasteiger partial charge in [0.15, 0.2) is 0 Å². The summed E-state index contributed by atoms with van der Waals surface area (Å²) in [6, 6.07) is 9.61. The number of benzene rings is 2. The van der Waals surface area contributed by atoms with Crippen molar-refractivity contribution in [1.29, 1.82) is 0 Å². The summed E-state index contributed by atoms with van der Waals surface area (Å²) in [5.41, 5.74) is -0.597. The van der Waals surface area contributed by atoms with Crippen LogP contribution in [0, 0.1) is 11.7 Å². The maximum absolute atomic E-state index is 13.3. The molecule has 1 aliphatic rings. The van der Waals surface area contributed by atoms with Gasteiger partial charge in [-0.05, 0) is 42.8 Å². The fraction of sp³-hybridized carbons (Fsp3) is 0.222. The maximum Gasteiger partial charge on any atom is 0.416 e. The van der Waals surface area contributed by atoms with Gasteiger partial charge in [0.1, 0.15) is 11.7 Å². The lowest BCUT2D eigenvalue weighted by atomic mass is 10.1. The van der Waals surface area contributed by atoms with Crippen molar-refractivity contribution in [3.63, 3.8) is 0 Å². The molecule has 1 fully saturated rings. The van der Waals surface area contributed by atoms with Crippen molar-refractivity contribution in [1.82, 2.24) is 0 Å². The first-order chi connectivity index (χ1) is 12.3. The number of halogens is 4. The van der Waals surface area contributed by atoms with Gasteiger partial charge in [0, 0.05) is 17.9 Å². The van der Waals surface area contributed by atoms with Crippen LogP contribution in [0.15, 0.2) is 48.5 Å². The van der Waals surface area contributed by atoms with Crippen LogP contribution in [0.1, 0.15) is 12.0 Å². The normalized spacial score (nSPS) is 17.5. The number of rotatable bonds is 3. The molecule has 26 heavy (non-hydrogen) atoms. The van der Waals surface area contributed by atoms with Crippen molar-refractivity contribution in [2.45, 2.75) is 12.6 Å². The number of anilines is 2. The van der Waals surface area contributed by atoms with E-state index in [9.17, 15) is 27.2 Å². The monoisotopic (exact) mass is 366 g/mol. The van der Waals surface area contributed by atoms with E-state index in [1.54, 1.807) is 6.07 Å². The minimum absolute atomic E-state index is 0.0400. The number of carbonyl (C=O) groups is 2. The lowest BCUT2D eigenvalue weighted by Gasteiger charge is -2.17. The van der Waals surface area contributed by atoms with Crippen molar-refractivity contribution < 1.29 is 27.2 Å². The number of hydrogen-bond acceptors (Lipinski definition) is 2. The SMILES string of the molecule is O=C(Nc1cccc(C(F)(F)F)c1)[C@@H]1CCN(c2cccc(F)c2)C1=O. The Labute approximate surface area is 146 Å². The molecule has 0 aromatic heterocycles. The summed E-state index contributed by atoms with van der Waals surface area (Å²) in [7, 11) is 0. The molecular weight excluding hydrogens is 352 g/mol. The van der Waals surface area contributed by atoms with E-state index in [4.69, 9.17) is 0 Å². The van der Waals surface area contributed by atoms with Crippen LogP contribution in [0.2, 0.25) is 0 Å². The molecule has 1 N–H and O–H groups in total. The van der Waals surface area contributed by atoms with Crippen LogP contribution in [0.4, 0.5) is 28.9 Å². The minimum Gasteiger partial charge on any atom is -0.325 e. The van der Waals surface area contributed by atoms with Crippen molar-refractivity contribution in [2.75, 3.05) is 16.8 Å². The zero-order chi connectivity index (χ0) is 18.9. The van der Waals surface area contributed by atoms with Gasteiger partial charge in [-0.15, -0.1) is 0 Å². The molecule has 0 radical (unpaired) electrons. The van der Waals surface area contributed by atoms with E-state index in [2.05, 4.69) is 5.32 Å². The zero-order valence-corrected chi connectivity index (χ0v) is 13.4. The fourth-order valence-electron chi connectivity index (χ4n) is 2.83. The largest absolute Gasteiger partial charge is 0.416 e. The van der Waals surface area contributed by atoms with Gasteiger partial charge in [-0.3, -0.25) is 9.59 Å². The quantitative estimate of drug-likeness (QED) is 0.663. The Balaban J connectivity index is 1.72. The van der Waals surface area contributed by atoms with E-state index in [1.165, 1.54) is 35.2 Å². The molecule has 1 heterocycles. The van der Waals surface area contributed by atoms with E-state index in [0.29, 0.717) is 5.69 Å². The van der Waals surface area contributed by atoms with Crippen LogP contribution < -0.4 is 10.2 Å². The van der Waals surface area contributed by atoms with Crippen LogP contribution in [0.25, 0.3) is 0 Å². The number of nitrogens with zero attached hydrogens (tertiary/aromatic N) is 1. The Kier molecular flexibility index (Phi) is 4.67. The van der Waals surface area contributed by atoms with E-state index < -0.39 is 35.3 Å². The van der Waals surface area contributed by atoms with Gasteiger partial charge in [0.05, 0.1) is 5.56 Å². The fourth-order valence-corrected chi connectivity index (χ4v) is 2.83. The Morgan fingerprint density at radius 2 is 1.85 bits per heavy atom. The summed E-state index contributed by atoms with van der Waals surface area (Å²) < 4.78 is 51.5. The third-order valence-corrected chi connectivity index (χ3v) is 4.10. The van der Waals surface area contributed by atoms with Crippen molar-refractivity contribution in [2.24, 2.45) is 5.92 Å². The molecule has 8 heteroatoms. The molecule has 0 spiro atoms. The van der Waals surface area contributed by atoms with Gasteiger partial charge in [-0.25, -0.2) is 4.39 Å². The molecule has 3 rings (SSSR count). The molecular formula is C18H14F4N2O2. The molecule has 136 valence electrons. The molecule has 1 atom stereocenters. The van der Waals surface area contributed by atoms with Gasteiger partial charge in [-0.2, -0.15) is 13.2 Å². The van der Waals surface area contributed by atoms with Crippen molar-refractivity contribution in [3.05, 3.63) is 59.9 Å². The Bertz CT molecular complexity index is 851. The number of amides is 2. The molecule has 2 aromatic rings. The highest BCUT2D eigenvalue weighted by Crippen LogP contribution is 2.31. The van der Waals surface area contributed by atoms with Crippen LogP contribution in [-0.2, 0) is 15.8 Å². The summed E-state index contributed by atoms with van der Waals surface area (Å²) in [5, 5.41) is 2.35. The van der Waals surface area contributed by atoms with Crippen LogP contribution in [0.3, 0.4) is 0 Å². The lowest BCUT2D eigenvalue weighted by Crippen LogP contribution is -2.33. The summed E-state index contributed by atoms with van der Waals surface area (Å²) in [4.78, 5) is 26.0. The third-order valence-electron chi connectivity index (χ3n) is 4.10. The van der Waals surface area contributed by atoms with Gasteiger partial charge in [-0.1, -0.05) is 12.1 Å². The molecule has 1 aliphatic heterocycles. The molecule has 0 unspecified atom stereocenters. The highest BCUT2D eigenvalue weighted by Gasteiger charge is 2.38. The van der Waals surface area contributed by atoms with Crippen LogP contribution in [-0.4, -0.2) is 18.4 Å². The summed E-state index contributed by atoms with van der Waals surface area (Å²) in [5.74, 6) is -2.74. The van der Waals surface area contributed by atoms with Crippen molar-refractivity contribution >= 4 is 23.2 Å². The maximum atomic E-state index is 13.3. The van der Waals surface area contributed by atoms with Gasteiger partial charge in [0.25, 0.3) is 0 Å². The summed E-state index contributed by atoms with van der Waals surface area (Å²) in [6.45, 7) is 0.225. The Morgan fingerprint density at radius 3 is 2.54 bits per heavy atom. The first-order valence-electron chi connectivity index (χ1n) is 7.81. The van der Waals surface area contributed by atoms with Crippen LogP contribution in [0.5, 0.6) is 0 Å².